The largest absolute Gasteiger partial charge is 0.366 e. The summed E-state index contributed by atoms with van der Waals surface area (Å²) in [6.45, 7) is 2.55. The molecule has 1 saturated heterocycles. The number of halogens is 1. The lowest BCUT2D eigenvalue weighted by atomic mass is 9.90. The quantitative estimate of drug-likeness (QED) is 0.782. The molecule has 2 amide bonds. The van der Waals surface area contributed by atoms with E-state index >= 15 is 0 Å². The van der Waals surface area contributed by atoms with E-state index in [0.717, 1.165) is 25.5 Å². The van der Waals surface area contributed by atoms with Crippen molar-refractivity contribution in [3.05, 3.63) is 29.6 Å². The molecule has 0 aliphatic carbocycles. The van der Waals surface area contributed by atoms with Crippen molar-refractivity contribution in [3.63, 3.8) is 0 Å². The highest BCUT2D eigenvalue weighted by molar-refractivity contribution is 6.00. The first-order chi connectivity index (χ1) is 9.42. The van der Waals surface area contributed by atoms with Crippen LogP contribution in [0.25, 0.3) is 0 Å². The fourth-order valence-electron chi connectivity index (χ4n) is 2.28. The monoisotopic (exact) mass is 279 g/mol. The number of piperidine rings is 1. The maximum Gasteiger partial charge on any atom is 0.248 e. The third-order valence-electron chi connectivity index (χ3n) is 3.62. The van der Waals surface area contributed by atoms with Gasteiger partial charge in [0.2, 0.25) is 11.8 Å². The SMILES string of the molecule is CC1(C(=O)Nc2cc(C(N)=O)ccc2F)CCCCN1. The number of amides is 2. The molecule has 0 radical (unpaired) electrons. The van der Waals surface area contributed by atoms with Crippen molar-refractivity contribution in [2.24, 2.45) is 5.73 Å². The van der Waals surface area contributed by atoms with Crippen molar-refractivity contribution in [3.8, 4) is 0 Å². The smallest absolute Gasteiger partial charge is 0.248 e. The number of nitrogens with one attached hydrogen (secondary N) is 2. The Morgan fingerprint density at radius 1 is 1.40 bits per heavy atom. The Morgan fingerprint density at radius 3 is 2.75 bits per heavy atom. The fourth-order valence-corrected chi connectivity index (χ4v) is 2.28. The molecule has 0 saturated carbocycles. The second-order valence-electron chi connectivity index (χ2n) is 5.23. The molecule has 1 fully saturated rings. The average Bonchev–Trinajstić information content (AvgIpc) is 2.41. The lowest BCUT2D eigenvalue weighted by Gasteiger charge is -2.33. The van der Waals surface area contributed by atoms with Gasteiger partial charge in [-0.3, -0.25) is 9.59 Å². The Labute approximate surface area is 116 Å². The lowest BCUT2D eigenvalue weighted by molar-refractivity contribution is -0.122. The van der Waals surface area contributed by atoms with Gasteiger partial charge >= 0.3 is 0 Å². The minimum atomic E-state index is -0.715. The molecule has 1 aliphatic heterocycles. The summed E-state index contributed by atoms with van der Waals surface area (Å²) >= 11 is 0. The topological polar surface area (TPSA) is 84.2 Å². The van der Waals surface area contributed by atoms with Crippen LogP contribution < -0.4 is 16.4 Å². The van der Waals surface area contributed by atoms with Gasteiger partial charge in [-0.25, -0.2) is 4.39 Å². The first-order valence-electron chi connectivity index (χ1n) is 6.58. The zero-order valence-electron chi connectivity index (χ0n) is 11.3. The molecule has 5 nitrogen and oxygen atoms in total. The molecule has 108 valence electrons. The van der Waals surface area contributed by atoms with E-state index in [1.165, 1.54) is 12.1 Å². The van der Waals surface area contributed by atoms with Gasteiger partial charge in [0.15, 0.2) is 0 Å². The summed E-state index contributed by atoms with van der Waals surface area (Å²) in [6.07, 6.45) is 2.66. The predicted molar refractivity (Wildman–Crippen MR) is 73.8 cm³/mol. The molecular weight excluding hydrogens is 261 g/mol. The number of rotatable bonds is 3. The van der Waals surface area contributed by atoms with Crippen molar-refractivity contribution in [2.75, 3.05) is 11.9 Å². The molecule has 1 aliphatic rings. The van der Waals surface area contributed by atoms with Crippen molar-refractivity contribution < 1.29 is 14.0 Å². The van der Waals surface area contributed by atoms with Crippen LogP contribution in [0.1, 0.15) is 36.5 Å². The highest BCUT2D eigenvalue weighted by atomic mass is 19.1. The highest BCUT2D eigenvalue weighted by Crippen LogP contribution is 2.22. The van der Waals surface area contributed by atoms with E-state index in [9.17, 15) is 14.0 Å². The van der Waals surface area contributed by atoms with E-state index in [-0.39, 0.29) is 17.2 Å². The second kappa shape index (κ2) is 5.58. The minimum Gasteiger partial charge on any atom is -0.366 e. The third-order valence-corrected chi connectivity index (χ3v) is 3.62. The number of anilines is 1. The van der Waals surface area contributed by atoms with E-state index in [1.54, 1.807) is 6.92 Å². The minimum absolute atomic E-state index is 0.0279. The standard InChI is InChI=1S/C14H18FN3O2/c1-14(6-2-3-7-17-14)13(20)18-11-8-9(12(16)19)4-5-10(11)15/h4-5,8,17H,2-3,6-7H2,1H3,(H2,16,19)(H,18,20). The number of carbonyl (C=O) groups is 2. The van der Waals surface area contributed by atoms with E-state index in [2.05, 4.69) is 10.6 Å². The molecule has 0 spiro atoms. The number of primary amides is 1. The molecule has 20 heavy (non-hydrogen) atoms. The van der Waals surface area contributed by atoms with Crippen molar-refractivity contribution in [2.45, 2.75) is 31.7 Å². The number of carbonyl (C=O) groups excluding carboxylic acids is 2. The van der Waals surface area contributed by atoms with Crippen LogP contribution in [0.15, 0.2) is 18.2 Å². The van der Waals surface area contributed by atoms with Crippen LogP contribution in [0.4, 0.5) is 10.1 Å². The van der Waals surface area contributed by atoms with Gasteiger partial charge < -0.3 is 16.4 Å². The van der Waals surface area contributed by atoms with Crippen molar-refractivity contribution in [1.29, 1.82) is 0 Å². The highest BCUT2D eigenvalue weighted by Gasteiger charge is 2.34. The molecule has 2 rings (SSSR count). The van der Waals surface area contributed by atoms with E-state index in [4.69, 9.17) is 5.73 Å². The van der Waals surface area contributed by atoms with E-state index in [1.807, 2.05) is 0 Å². The van der Waals surface area contributed by atoms with Gasteiger partial charge in [0.05, 0.1) is 11.2 Å². The zero-order valence-corrected chi connectivity index (χ0v) is 11.3. The van der Waals surface area contributed by atoms with Crippen LogP contribution in [-0.4, -0.2) is 23.9 Å². The maximum absolute atomic E-state index is 13.7. The Bertz CT molecular complexity index is 539. The van der Waals surface area contributed by atoms with Crippen LogP contribution in [0.3, 0.4) is 0 Å². The molecule has 1 aromatic rings. The van der Waals surface area contributed by atoms with Gasteiger partial charge in [0.25, 0.3) is 0 Å². The summed E-state index contributed by atoms with van der Waals surface area (Å²) in [5.41, 5.74) is 4.56. The molecule has 1 atom stereocenters. The number of benzene rings is 1. The molecule has 1 aromatic carbocycles. The Balaban J connectivity index is 2.18. The van der Waals surface area contributed by atoms with Crippen LogP contribution >= 0.6 is 0 Å². The molecule has 0 aromatic heterocycles. The summed E-state index contributed by atoms with van der Waals surface area (Å²) in [7, 11) is 0. The van der Waals surface area contributed by atoms with E-state index < -0.39 is 17.3 Å². The van der Waals surface area contributed by atoms with Gasteiger partial charge in [0.1, 0.15) is 5.82 Å². The number of hydrogen-bond acceptors (Lipinski definition) is 3. The summed E-state index contributed by atoms with van der Waals surface area (Å²) in [5, 5.41) is 5.68. The molecule has 1 heterocycles. The summed E-state index contributed by atoms with van der Waals surface area (Å²) in [6, 6.07) is 3.65. The Morgan fingerprint density at radius 2 is 2.15 bits per heavy atom. The molecular formula is C14H18FN3O2. The molecule has 4 N–H and O–H groups in total. The maximum atomic E-state index is 13.7. The summed E-state index contributed by atoms with van der Waals surface area (Å²) < 4.78 is 13.7. The van der Waals surface area contributed by atoms with Crippen LogP contribution in [-0.2, 0) is 4.79 Å². The normalized spacial score (nSPS) is 22.3. The van der Waals surface area contributed by atoms with Crippen LogP contribution in [0.5, 0.6) is 0 Å². The first kappa shape index (κ1) is 14.5. The second-order valence-corrected chi connectivity index (χ2v) is 5.23. The van der Waals surface area contributed by atoms with Crippen LogP contribution in [0, 0.1) is 5.82 Å². The molecule has 0 bridgehead atoms. The Hall–Kier alpha value is -1.95. The van der Waals surface area contributed by atoms with E-state index in [0.29, 0.717) is 6.42 Å². The number of nitrogens with two attached hydrogens (primary N) is 1. The fraction of sp³-hybridized carbons (Fsp3) is 0.429. The molecule has 6 heteroatoms. The van der Waals surface area contributed by atoms with Gasteiger partial charge in [-0.1, -0.05) is 0 Å². The van der Waals surface area contributed by atoms with Crippen LogP contribution in [0.2, 0.25) is 0 Å². The van der Waals surface area contributed by atoms with Crippen molar-refractivity contribution in [1.82, 2.24) is 5.32 Å². The first-order valence-corrected chi connectivity index (χ1v) is 6.58. The Kier molecular flexibility index (Phi) is 4.04. The van der Waals surface area contributed by atoms with Gasteiger partial charge in [-0.2, -0.15) is 0 Å². The van der Waals surface area contributed by atoms with Gasteiger partial charge in [0, 0.05) is 5.56 Å². The predicted octanol–water partition coefficient (Wildman–Crippen LogP) is 1.40. The number of hydrogen-bond donors (Lipinski definition) is 3. The summed E-state index contributed by atoms with van der Waals surface area (Å²) in [5.74, 6) is -1.57. The van der Waals surface area contributed by atoms with Crippen molar-refractivity contribution >= 4 is 17.5 Å². The van der Waals surface area contributed by atoms with Gasteiger partial charge in [-0.05, 0) is 50.9 Å². The third kappa shape index (κ3) is 2.96. The van der Waals surface area contributed by atoms with Gasteiger partial charge in [-0.15, -0.1) is 0 Å². The zero-order chi connectivity index (χ0) is 14.8. The average molecular weight is 279 g/mol. The summed E-state index contributed by atoms with van der Waals surface area (Å²) in [4.78, 5) is 23.4. The molecule has 1 unspecified atom stereocenters. The lowest BCUT2D eigenvalue weighted by Crippen LogP contribution is -2.54.